The Morgan fingerprint density at radius 2 is 1.68 bits per heavy atom. The molecule has 226 valence electrons. The van der Waals surface area contributed by atoms with Gasteiger partial charge in [0.25, 0.3) is 0 Å². The maximum absolute atomic E-state index is 13.6. The van der Waals surface area contributed by atoms with E-state index in [4.69, 9.17) is 11.5 Å². The van der Waals surface area contributed by atoms with E-state index in [-0.39, 0.29) is 31.3 Å². The summed E-state index contributed by atoms with van der Waals surface area (Å²) in [4.78, 5) is 76.6. The fourth-order valence-corrected chi connectivity index (χ4v) is 4.90. The molecule has 15 heteroatoms. The molecule has 0 aromatic carbocycles. The van der Waals surface area contributed by atoms with Crippen LogP contribution in [-0.2, 0) is 28.8 Å². The number of hydrogen-bond donors (Lipinski definition) is 8. The molecule has 2 rings (SSSR count). The van der Waals surface area contributed by atoms with E-state index >= 15 is 0 Å². The average Bonchev–Trinajstić information content (AvgIpc) is 3.60. The lowest BCUT2D eigenvalue weighted by Crippen LogP contribution is -2.58. The molecule has 2 saturated heterocycles. The van der Waals surface area contributed by atoms with Crippen molar-refractivity contribution in [3.63, 3.8) is 0 Å². The van der Waals surface area contributed by atoms with Gasteiger partial charge in [-0.25, -0.2) is 4.79 Å². The predicted molar refractivity (Wildman–Crippen MR) is 142 cm³/mol. The highest BCUT2D eigenvalue weighted by atomic mass is 16.4. The fraction of sp³-hybridized carbons (Fsp3) is 0.760. The molecule has 0 saturated carbocycles. The summed E-state index contributed by atoms with van der Waals surface area (Å²) in [6.45, 7) is 2.60. The number of carboxylic acids is 1. The largest absolute Gasteiger partial charge is 0.480 e. The molecule has 6 atom stereocenters. The van der Waals surface area contributed by atoms with Gasteiger partial charge >= 0.3 is 5.97 Å². The number of primary amides is 1. The molecule has 0 spiro atoms. The second kappa shape index (κ2) is 16.1. The van der Waals surface area contributed by atoms with Gasteiger partial charge < -0.3 is 47.8 Å². The first-order valence-corrected chi connectivity index (χ1v) is 13.8. The lowest BCUT2D eigenvalue weighted by Gasteiger charge is -2.30. The highest BCUT2D eigenvalue weighted by Gasteiger charge is 2.39. The number of hydrogen-bond acceptors (Lipinski definition) is 9. The standard InChI is InChI=1S/C25H43N7O8/c1-14(33)20(25(39)40)31-22(36)16(9-10-19(27)34)29-23(37)18-8-5-13-32(18)24(38)17(6-2-3-11-26)30-21(35)15-7-4-12-28-15/h14-18,20,28,33H,2-13,26H2,1H3,(H2,27,34)(H,29,37)(H,30,35)(H,31,36)(H,39,40)/t14-,15+,16+,17+,18+,20+/m1/s1. The third kappa shape index (κ3) is 9.71. The lowest BCUT2D eigenvalue weighted by molar-refractivity contribution is -0.145. The molecule has 2 fully saturated rings. The quantitative estimate of drug-likeness (QED) is 0.0877. The van der Waals surface area contributed by atoms with Crippen molar-refractivity contribution in [3.8, 4) is 0 Å². The summed E-state index contributed by atoms with van der Waals surface area (Å²) in [7, 11) is 0. The van der Waals surface area contributed by atoms with E-state index in [2.05, 4.69) is 21.3 Å². The Labute approximate surface area is 233 Å². The predicted octanol–water partition coefficient (Wildman–Crippen LogP) is -2.96. The van der Waals surface area contributed by atoms with Crippen LogP contribution in [0.3, 0.4) is 0 Å². The Hall–Kier alpha value is -3.30. The summed E-state index contributed by atoms with van der Waals surface area (Å²) in [5, 5.41) is 29.6. The number of carbonyl (C=O) groups is 6. The van der Waals surface area contributed by atoms with Gasteiger partial charge in [0.2, 0.25) is 29.5 Å². The number of aliphatic carboxylic acids is 1. The third-order valence-corrected chi connectivity index (χ3v) is 7.14. The molecule has 2 heterocycles. The minimum absolute atomic E-state index is 0.216. The maximum atomic E-state index is 13.6. The number of likely N-dealkylation sites (tertiary alicyclic amines) is 1. The molecule has 2 aliphatic heterocycles. The second-order valence-corrected chi connectivity index (χ2v) is 10.3. The SMILES string of the molecule is C[C@@H](O)[C@H](NC(=O)[C@H](CCC(N)=O)NC(=O)[C@@H]1CCCN1C(=O)[C@H](CCCCN)NC(=O)[C@@H]1CCCN1)C(=O)O. The van der Waals surface area contributed by atoms with Gasteiger partial charge in [0.15, 0.2) is 6.04 Å². The molecular formula is C25H43N7O8. The van der Waals surface area contributed by atoms with Crippen LogP contribution in [0, 0.1) is 0 Å². The lowest BCUT2D eigenvalue weighted by atomic mass is 10.0. The van der Waals surface area contributed by atoms with E-state index in [9.17, 15) is 39.0 Å². The monoisotopic (exact) mass is 569 g/mol. The smallest absolute Gasteiger partial charge is 0.328 e. The zero-order valence-electron chi connectivity index (χ0n) is 22.9. The maximum Gasteiger partial charge on any atom is 0.328 e. The van der Waals surface area contributed by atoms with Gasteiger partial charge in [-0.1, -0.05) is 0 Å². The van der Waals surface area contributed by atoms with Crippen molar-refractivity contribution in [1.82, 2.24) is 26.2 Å². The van der Waals surface area contributed by atoms with Gasteiger partial charge in [-0.2, -0.15) is 0 Å². The first-order chi connectivity index (χ1) is 19.0. The number of carboxylic acid groups (broad SMARTS) is 1. The number of nitrogens with two attached hydrogens (primary N) is 2. The number of amides is 5. The number of aliphatic hydroxyl groups excluding tert-OH is 1. The molecule has 2 aliphatic rings. The zero-order chi connectivity index (χ0) is 29.8. The van der Waals surface area contributed by atoms with Crippen LogP contribution in [-0.4, -0.2) is 107 Å². The van der Waals surface area contributed by atoms with Crippen molar-refractivity contribution in [2.45, 2.75) is 101 Å². The van der Waals surface area contributed by atoms with Crippen LogP contribution < -0.4 is 32.7 Å². The summed E-state index contributed by atoms with van der Waals surface area (Å²) in [5.41, 5.74) is 10.8. The van der Waals surface area contributed by atoms with E-state index in [1.54, 1.807) is 0 Å². The van der Waals surface area contributed by atoms with E-state index in [0.29, 0.717) is 51.6 Å². The van der Waals surface area contributed by atoms with E-state index in [0.717, 1.165) is 6.42 Å². The van der Waals surface area contributed by atoms with Crippen molar-refractivity contribution in [3.05, 3.63) is 0 Å². The molecule has 0 aromatic rings. The number of carbonyl (C=O) groups excluding carboxylic acids is 5. The molecule has 40 heavy (non-hydrogen) atoms. The van der Waals surface area contributed by atoms with Crippen LogP contribution in [0.2, 0.25) is 0 Å². The molecule has 0 radical (unpaired) electrons. The van der Waals surface area contributed by atoms with Crippen LogP contribution >= 0.6 is 0 Å². The van der Waals surface area contributed by atoms with Crippen LogP contribution in [0.4, 0.5) is 0 Å². The average molecular weight is 570 g/mol. The molecule has 5 amide bonds. The molecule has 0 bridgehead atoms. The van der Waals surface area contributed by atoms with Crippen molar-refractivity contribution >= 4 is 35.5 Å². The zero-order valence-corrected chi connectivity index (χ0v) is 22.9. The van der Waals surface area contributed by atoms with Gasteiger partial charge in [-0.3, -0.25) is 24.0 Å². The summed E-state index contributed by atoms with van der Waals surface area (Å²) in [6.07, 6.45) is 2.02. The van der Waals surface area contributed by atoms with Crippen LogP contribution in [0.15, 0.2) is 0 Å². The molecule has 10 N–H and O–H groups in total. The molecule has 0 aromatic heterocycles. The number of aliphatic hydroxyl groups is 1. The van der Waals surface area contributed by atoms with Gasteiger partial charge in [0.05, 0.1) is 12.1 Å². The van der Waals surface area contributed by atoms with E-state index in [1.165, 1.54) is 11.8 Å². The molecule has 0 unspecified atom stereocenters. The summed E-state index contributed by atoms with van der Waals surface area (Å²) in [6, 6.07) is -5.17. The van der Waals surface area contributed by atoms with Crippen LogP contribution in [0.25, 0.3) is 0 Å². The first-order valence-electron chi connectivity index (χ1n) is 13.8. The van der Waals surface area contributed by atoms with Crippen LogP contribution in [0.5, 0.6) is 0 Å². The fourth-order valence-electron chi connectivity index (χ4n) is 4.90. The summed E-state index contributed by atoms with van der Waals surface area (Å²) in [5.74, 6) is -4.50. The van der Waals surface area contributed by atoms with Crippen molar-refractivity contribution in [2.75, 3.05) is 19.6 Å². The number of unbranched alkanes of at least 4 members (excludes halogenated alkanes) is 1. The van der Waals surface area contributed by atoms with Gasteiger partial charge in [0, 0.05) is 13.0 Å². The van der Waals surface area contributed by atoms with Crippen molar-refractivity contribution in [2.24, 2.45) is 11.5 Å². The highest BCUT2D eigenvalue weighted by Crippen LogP contribution is 2.21. The van der Waals surface area contributed by atoms with E-state index in [1.807, 2.05) is 0 Å². The van der Waals surface area contributed by atoms with Crippen molar-refractivity contribution < 1.29 is 39.0 Å². The highest BCUT2D eigenvalue weighted by molar-refractivity contribution is 5.96. The minimum atomic E-state index is -1.64. The summed E-state index contributed by atoms with van der Waals surface area (Å²) >= 11 is 0. The second-order valence-electron chi connectivity index (χ2n) is 10.3. The molecular weight excluding hydrogens is 526 g/mol. The first kappa shape index (κ1) is 32.9. The minimum Gasteiger partial charge on any atom is -0.480 e. The topological polar surface area (TPSA) is 246 Å². The molecule has 0 aliphatic carbocycles. The Morgan fingerprint density at radius 3 is 2.25 bits per heavy atom. The van der Waals surface area contributed by atoms with Gasteiger partial charge in [0.1, 0.15) is 18.1 Å². The Balaban J connectivity index is 2.15. The Morgan fingerprint density at radius 1 is 0.975 bits per heavy atom. The Bertz CT molecular complexity index is 925. The Kier molecular flexibility index (Phi) is 13.2. The third-order valence-electron chi connectivity index (χ3n) is 7.14. The van der Waals surface area contributed by atoms with E-state index < -0.39 is 59.9 Å². The number of rotatable bonds is 16. The molecule has 15 nitrogen and oxygen atoms in total. The number of nitrogens with zero attached hydrogens (tertiary/aromatic N) is 1. The summed E-state index contributed by atoms with van der Waals surface area (Å²) < 4.78 is 0. The van der Waals surface area contributed by atoms with Crippen LogP contribution in [0.1, 0.15) is 64.7 Å². The van der Waals surface area contributed by atoms with Crippen molar-refractivity contribution in [1.29, 1.82) is 0 Å². The van der Waals surface area contributed by atoms with Gasteiger partial charge in [-0.05, 0) is 71.4 Å². The number of nitrogens with one attached hydrogen (secondary N) is 4. The van der Waals surface area contributed by atoms with Gasteiger partial charge in [-0.15, -0.1) is 0 Å². The normalized spacial score (nSPS) is 21.6.